The average molecular weight is 371 g/mol. The van der Waals surface area contributed by atoms with Crippen molar-refractivity contribution < 1.29 is 24.2 Å². The summed E-state index contributed by atoms with van der Waals surface area (Å²) < 4.78 is 11.3. The van der Waals surface area contributed by atoms with Crippen molar-refractivity contribution in [3.05, 3.63) is 42.0 Å². The number of carbonyl (C=O) groups is 2. The molecule has 1 aliphatic rings. The van der Waals surface area contributed by atoms with Crippen molar-refractivity contribution in [2.75, 3.05) is 23.8 Å². The number of hydrogen-bond donors (Lipinski definition) is 2. The van der Waals surface area contributed by atoms with Crippen LogP contribution in [0.4, 0.5) is 11.6 Å². The predicted molar refractivity (Wildman–Crippen MR) is 99.2 cm³/mol. The van der Waals surface area contributed by atoms with E-state index in [1.807, 2.05) is 6.92 Å². The molecule has 142 valence electrons. The highest BCUT2D eigenvalue weighted by Gasteiger charge is 2.34. The molecule has 0 fully saturated rings. The van der Waals surface area contributed by atoms with Crippen LogP contribution in [0.2, 0.25) is 0 Å². The molecule has 8 heteroatoms. The standard InChI is InChI=1S/C19H21N3O5/c1-2-14-18(23)22(17-15(27-14)8-9-16(20)21-17)10-3-11-26-13-6-4-12(5-7-13)19(24)25/h4-9,14H,2-3,10-11H2,1H3,(H2,20,21)(H,24,25). The van der Waals surface area contributed by atoms with Gasteiger partial charge in [0, 0.05) is 6.54 Å². The summed E-state index contributed by atoms with van der Waals surface area (Å²) in [4.78, 5) is 29.3. The lowest BCUT2D eigenvalue weighted by atomic mass is 10.2. The molecule has 2 heterocycles. The smallest absolute Gasteiger partial charge is 0.335 e. The van der Waals surface area contributed by atoms with Gasteiger partial charge in [-0.1, -0.05) is 6.92 Å². The third-order valence-corrected chi connectivity index (χ3v) is 4.19. The Morgan fingerprint density at radius 2 is 2.04 bits per heavy atom. The van der Waals surface area contributed by atoms with Gasteiger partial charge in [0.25, 0.3) is 5.91 Å². The van der Waals surface area contributed by atoms with Crippen LogP contribution in [-0.4, -0.2) is 41.2 Å². The number of carbonyl (C=O) groups excluding carboxylic acids is 1. The molecule has 1 aromatic heterocycles. The first kappa shape index (κ1) is 18.5. The molecule has 1 amide bonds. The highest BCUT2D eigenvalue weighted by atomic mass is 16.5. The number of ether oxygens (including phenoxy) is 2. The minimum absolute atomic E-state index is 0.145. The zero-order valence-corrected chi connectivity index (χ0v) is 14.9. The quantitative estimate of drug-likeness (QED) is 0.718. The maximum atomic E-state index is 12.6. The number of anilines is 2. The third kappa shape index (κ3) is 4.11. The van der Waals surface area contributed by atoms with Gasteiger partial charge in [0.1, 0.15) is 11.6 Å². The first-order chi connectivity index (χ1) is 13.0. The van der Waals surface area contributed by atoms with E-state index in [1.165, 1.54) is 12.1 Å². The molecule has 1 aliphatic heterocycles. The first-order valence-corrected chi connectivity index (χ1v) is 8.70. The van der Waals surface area contributed by atoms with Gasteiger partial charge in [0.2, 0.25) is 0 Å². The van der Waals surface area contributed by atoms with Crippen molar-refractivity contribution in [3.8, 4) is 11.5 Å². The van der Waals surface area contributed by atoms with E-state index >= 15 is 0 Å². The number of carboxylic acid groups (broad SMARTS) is 1. The maximum Gasteiger partial charge on any atom is 0.335 e. The van der Waals surface area contributed by atoms with E-state index in [9.17, 15) is 9.59 Å². The summed E-state index contributed by atoms with van der Waals surface area (Å²) in [5, 5.41) is 8.90. The highest BCUT2D eigenvalue weighted by molar-refractivity contribution is 5.99. The number of aromatic carboxylic acids is 1. The topological polar surface area (TPSA) is 115 Å². The summed E-state index contributed by atoms with van der Waals surface area (Å²) in [7, 11) is 0. The van der Waals surface area contributed by atoms with E-state index in [0.717, 1.165) is 0 Å². The first-order valence-electron chi connectivity index (χ1n) is 8.70. The molecule has 2 aromatic rings. The summed E-state index contributed by atoms with van der Waals surface area (Å²) in [6.07, 6.45) is 0.595. The highest BCUT2D eigenvalue weighted by Crippen LogP contribution is 2.33. The minimum Gasteiger partial charge on any atom is -0.494 e. The Kier molecular flexibility index (Phi) is 5.44. The zero-order chi connectivity index (χ0) is 19.4. The number of hydrogen-bond acceptors (Lipinski definition) is 6. The number of benzene rings is 1. The Morgan fingerprint density at radius 1 is 1.30 bits per heavy atom. The predicted octanol–water partition coefficient (Wildman–Crippen LogP) is 2.34. The van der Waals surface area contributed by atoms with Crippen LogP contribution in [0.3, 0.4) is 0 Å². The number of pyridine rings is 1. The lowest BCUT2D eigenvalue weighted by Gasteiger charge is -2.33. The number of aromatic nitrogens is 1. The maximum absolute atomic E-state index is 12.6. The number of nitrogens with zero attached hydrogens (tertiary/aromatic N) is 2. The number of carboxylic acids is 1. The number of nitrogen functional groups attached to an aromatic ring is 1. The summed E-state index contributed by atoms with van der Waals surface area (Å²) >= 11 is 0. The Bertz CT molecular complexity index is 838. The molecule has 0 radical (unpaired) electrons. The summed E-state index contributed by atoms with van der Waals surface area (Å²) in [6, 6.07) is 9.54. The van der Waals surface area contributed by atoms with Crippen LogP contribution >= 0.6 is 0 Å². The molecule has 3 N–H and O–H groups in total. The van der Waals surface area contributed by atoms with Crippen molar-refractivity contribution in [1.29, 1.82) is 0 Å². The summed E-state index contributed by atoms with van der Waals surface area (Å²) in [5.41, 5.74) is 5.95. The van der Waals surface area contributed by atoms with Crippen molar-refractivity contribution in [3.63, 3.8) is 0 Å². The molecule has 1 unspecified atom stereocenters. The van der Waals surface area contributed by atoms with Crippen LogP contribution in [0, 0.1) is 0 Å². The molecule has 3 rings (SSSR count). The van der Waals surface area contributed by atoms with Crippen LogP contribution < -0.4 is 20.1 Å². The largest absolute Gasteiger partial charge is 0.494 e. The average Bonchev–Trinajstić information content (AvgIpc) is 2.66. The Hall–Kier alpha value is -3.29. The molecular formula is C19H21N3O5. The van der Waals surface area contributed by atoms with Gasteiger partial charge in [-0.2, -0.15) is 0 Å². The van der Waals surface area contributed by atoms with Crippen molar-refractivity contribution >= 4 is 23.5 Å². The normalized spacial score (nSPS) is 15.8. The second kappa shape index (κ2) is 7.94. The summed E-state index contributed by atoms with van der Waals surface area (Å²) in [5.74, 6) is 0.732. The third-order valence-electron chi connectivity index (χ3n) is 4.19. The molecule has 0 spiro atoms. The van der Waals surface area contributed by atoms with E-state index in [-0.39, 0.29) is 11.5 Å². The molecule has 0 saturated carbocycles. The molecule has 0 bridgehead atoms. The Labute approximate surface area is 156 Å². The fourth-order valence-electron chi connectivity index (χ4n) is 2.80. The van der Waals surface area contributed by atoms with Gasteiger partial charge in [0.05, 0.1) is 12.2 Å². The van der Waals surface area contributed by atoms with Gasteiger partial charge < -0.3 is 20.3 Å². The molecular weight excluding hydrogens is 350 g/mol. The molecule has 8 nitrogen and oxygen atoms in total. The summed E-state index contributed by atoms with van der Waals surface area (Å²) in [6.45, 7) is 2.67. The second-order valence-corrected chi connectivity index (χ2v) is 6.09. The van der Waals surface area contributed by atoms with Crippen LogP contribution in [-0.2, 0) is 4.79 Å². The Morgan fingerprint density at radius 3 is 2.70 bits per heavy atom. The van der Waals surface area contributed by atoms with E-state index in [4.69, 9.17) is 20.3 Å². The molecule has 0 saturated heterocycles. The number of amides is 1. The van der Waals surface area contributed by atoms with Gasteiger partial charge in [0.15, 0.2) is 17.7 Å². The van der Waals surface area contributed by atoms with E-state index in [1.54, 1.807) is 29.2 Å². The van der Waals surface area contributed by atoms with Crippen LogP contribution in [0.15, 0.2) is 36.4 Å². The fraction of sp³-hybridized carbons (Fsp3) is 0.316. The fourth-order valence-corrected chi connectivity index (χ4v) is 2.80. The molecule has 1 atom stereocenters. The van der Waals surface area contributed by atoms with Crippen molar-refractivity contribution in [1.82, 2.24) is 4.98 Å². The molecule has 0 aliphatic carbocycles. The van der Waals surface area contributed by atoms with E-state index in [2.05, 4.69) is 4.98 Å². The minimum atomic E-state index is -0.983. The second-order valence-electron chi connectivity index (χ2n) is 6.09. The van der Waals surface area contributed by atoms with Crippen LogP contribution in [0.1, 0.15) is 30.1 Å². The number of fused-ring (bicyclic) bond motifs is 1. The zero-order valence-electron chi connectivity index (χ0n) is 14.9. The number of rotatable bonds is 7. The van der Waals surface area contributed by atoms with Gasteiger partial charge >= 0.3 is 5.97 Å². The lowest BCUT2D eigenvalue weighted by molar-refractivity contribution is -0.126. The number of nitrogens with two attached hydrogens (primary N) is 1. The van der Waals surface area contributed by atoms with Gasteiger partial charge in [-0.05, 0) is 49.2 Å². The monoisotopic (exact) mass is 371 g/mol. The van der Waals surface area contributed by atoms with Gasteiger partial charge in [-0.25, -0.2) is 9.78 Å². The molecule has 1 aromatic carbocycles. The van der Waals surface area contributed by atoms with Crippen LogP contribution in [0.5, 0.6) is 11.5 Å². The van der Waals surface area contributed by atoms with Gasteiger partial charge in [-0.15, -0.1) is 0 Å². The van der Waals surface area contributed by atoms with Crippen molar-refractivity contribution in [2.24, 2.45) is 0 Å². The lowest BCUT2D eigenvalue weighted by Crippen LogP contribution is -2.46. The SMILES string of the molecule is CCC1Oc2ccc(N)nc2N(CCCOc2ccc(C(=O)O)cc2)C1=O. The van der Waals surface area contributed by atoms with Gasteiger partial charge in [-0.3, -0.25) is 9.69 Å². The van der Waals surface area contributed by atoms with Crippen LogP contribution in [0.25, 0.3) is 0 Å². The molecule has 27 heavy (non-hydrogen) atoms. The Balaban J connectivity index is 1.62. The van der Waals surface area contributed by atoms with E-state index in [0.29, 0.717) is 49.1 Å². The van der Waals surface area contributed by atoms with E-state index < -0.39 is 12.1 Å². The van der Waals surface area contributed by atoms with Crippen molar-refractivity contribution in [2.45, 2.75) is 25.9 Å².